The van der Waals surface area contributed by atoms with Crippen LogP contribution < -0.4 is 0 Å². The predicted molar refractivity (Wildman–Crippen MR) is 43.1 cm³/mol. The van der Waals surface area contributed by atoms with Crippen LogP contribution in [-0.4, -0.2) is 17.5 Å². The monoisotopic (exact) mass is 156 g/mol. The van der Waals surface area contributed by atoms with Crippen molar-refractivity contribution >= 4 is 5.78 Å². The van der Waals surface area contributed by atoms with Crippen LogP contribution in [0.25, 0.3) is 0 Å². The molecule has 2 nitrogen and oxygen atoms in total. The number of rotatable bonds is 2. The van der Waals surface area contributed by atoms with Crippen molar-refractivity contribution in [2.45, 2.75) is 27.2 Å². The minimum atomic E-state index is 0.0284. The summed E-state index contributed by atoms with van der Waals surface area (Å²) in [5.74, 6) is 0.774. The molecule has 0 saturated heterocycles. The molecule has 0 unspecified atom stereocenters. The molecule has 1 aliphatic rings. The maximum Gasteiger partial charge on any atom is 0.133 e. The van der Waals surface area contributed by atoms with Crippen molar-refractivity contribution in [1.82, 2.24) is 0 Å². The van der Waals surface area contributed by atoms with Gasteiger partial charge >= 0.3 is 0 Å². The molecule has 0 aromatic carbocycles. The second-order valence-electron chi connectivity index (χ2n) is 4.10. The van der Waals surface area contributed by atoms with Crippen LogP contribution in [0.15, 0.2) is 0 Å². The van der Waals surface area contributed by atoms with E-state index in [-0.39, 0.29) is 23.7 Å². The summed E-state index contributed by atoms with van der Waals surface area (Å²) >= 11 is 0. The number of aliphatic hydroxyl groups is 1. The molecule has 1 aliphatic carbocycles. The Bertz CT molecular complexity index is 172. The zero-order chi connectivity index (χ0) is 8.65. The van der Waals surface area contributed by atoms with Gasteiger partial charge in [0.15, 0.2) is 0 Å². The fourth-order valence-electron chi connectivity index (χ4n) is 2.02. The van der Waals surface area contributed by atoms with Crippen LogP contribution in [0.5, 0.6) is 0 Å². The molecule has 64 valence electrons. The molecule has 11 heavy (non-hydrogen) atoms. The highest BCUT2D eigenvalue weighted by atomic mass is 16.3. The topological polar surface area (TPSA) is 37.3 Å². The Kier molecular flexibility index (Phi) is 2.06. The Morgan fingerprint density at radius 1 is 1.64 bits per heavy atom. The van der Waals surface area contributed by atoms with Gasteiger partial charge in [-0.15, -0.1) is 0 Å². The first-order valence-corrected chi connectivity index (χ1v) is 4.11. The Labute approximate surface area is 67.6 Å². The predicted octanol–water partition coefficient (Wildman–Crippen LogP) is 1.23. The third-order valence-electron chi connectivity index (χ3n) is 3.18. The molecule has 1 rings (SSSR count). The lowest BCUT2D eigenvalue weighted by atomic mass is 9.54. The first kappa shape index (κ1) is 8.72. The summed E-state index contributed by atoms with van der Waals surface area (Å²) in [5, 5.41) is 8.91. The van der Waals surface area contributed by atoms with Crippen LogP contribution in [0.1, 0.15) is 27.2 Å². The number of ketones is 1. The second kappa shape index (κ2) is 2.59. The lowest BCUT2D eigenvalue weighted by Gasteiger charge is -2.50. The van der Waals surface area contributed by atoms with Gasteiger partial charge in [0.25, 0.3) is 0 Å². The Morgan fingerprint density at radius 2 is 2.18 bits per heavy atom. The molecule has 0 bridgehead atoms. The second-order valence-corrected chi connectivity index (χ2v) is 4.10. The largest absolute Gasteiger partial charge is 0.396 e. The van der Waals surface area contributed by atoms with Crippen LogP contribution >= 0.6 is 0 Å². The Morgan fingerprint density at radius 3 is 2.45 bits per heavy atom. The summed E-state index contributed by atoms with van der Waals surface area (Å²) in [5.41, 5.74) is 0.0284. The van der Waals surface area contributed by atoms with Gasteiger partial charge in [0.05, 0.1) is 0 Å². The molecule has 0 aromatic heterocycles. The number of Topliss-reactive ketones (excluding diaryl/α,β-unsaturated/α-hetero) is 1. The Balaban J connectivity index is 2.61. The van der Waals surface area contributed by atoms with E-state index in [0.29, 0.717) is 5.92 Å². The van der Waals surface area contributed by atoms with E-state index in [0.717, 1.165) is 6.42 Å². The molecule has 0 aromatic rings. The fourth-order valence-corrected chi connectivity index (χ4v) is 2.02. The van der Waals surface area contributed by atoms with Crippen molar-refractivity contribution in [3.63, 3.8) is 0 Å². The van der Waals surface area contributed by atoms with E-state index in [1.54, 1.807) is 6.92 Å². The summed E-state index contributed by atoms with van der Waals surface area (Å²) in [6, 6.07) is 0. The number of carbonyl (C=O) groups is 1. The molecule has 0 heterocycles. The van der Waals surface area contributed by atoms with Crippen molar-refractivity contribution in [1.29, 1.82) is 0 Å². The minimum absolute atomic E-state index is 0.0284. The zero-order valence-electron chi connectivity index (χ0n) is 7.42. The molecular weight excluding hydrogens is 140 g/mol. The summed E-state index contributed by atoms with van der Waals surface area (Å²) in [6.45, 7) is 5.98. The maximum absolute atomic E-state index is 11.0. The lowest BCUT2D eigenvalue weighted by Crippen LogP contribution is -2.49. The van der Waals surface area contributed by atoms with Gasteiger partial charge < -0.3 is 5.11 Å². The summed E-state index contributed by atoms with van der Waals surface area (Å²) < 4.78 is 0. The third kappa shape index (κ3) is 1.20. The molecule has 2 heteroatoms. The normalized spacial score (nSPS) is 34.5. The lowest BCUT2D eigenvalue weighted by molar-refractivity contribution is -0.138. The highest BCUT2D eigenvalue weighted by Gasteiger charge is 2.49. The van der Waals surface area contributed by atoms with Gasteiger partial charge in [-0.1, -0.05) is 13.8 Å². The molecule has 0 spiro atoms. The van der Waals surface area contributed by atoms with E-state index in [4.69, 9.17) is 5.11 Å². The smallest absolute Gasteiger partial charge is 0.133 e. The number of hydrogen-bond donors (Lipinski definition) is 1. The van der Waals surface area contributed by atoms with Crippen LogP contribution in [0.4, 0.5) is 0 Å². The van der Waals surface area contributed by atoms with Gasteiger partial charge in [0, 0.05) is 12.5 Å². The van der Waals surface area contributed by atoms with Gasteiger partial charge in [0.1, 0.15) is 5.78 Å². The van der Waals surface area contributed by atoms with E-state index in [9.17, 15) is 4.79 Å². The van der Waals surface area contributed by atoms with Crippen molar-refractivity contribution < 1.29 is 9.90 Å². The van der Waals surface area contributed by atoms with Crippen molar-refractivity contribution in [2.24, 2.45) is 17.3 Å². The highest BCUT2D eigenvalue weighted by molar-refractivity contribution is 5.80. The molecule has 2 atom stereocenters. The minimum Gasteiger partial charge on any atom is -0.396 e. The highest BCUT2D eigenvalue weighted by Crippen LogP contribution is 2.51. The number of aliphatic hydroxyl groups excluding tert-OH is 1. The van der Waals surface area contributed by atoms with E-state index in [2.05, 4.69) is 13.8 Å². The van der Waals surface area contributed by atoms with Gasteiger partial charge in [-0.3, -0.25) is 4.79 Å². The quantitative estimate of drug-likeness (QED) is 0.653. The molecule has 1 saturated carbocycles. The molecule has 0 aliphatic heterocycles. The van der Waals surface area contributed by atoms with E-state index >= 15 is 0 Å². The molecule has 0 amide bonds. The zero-order valence-corrected chi connectivity index (χ0v) is 7.42. The SMILES string of the molecule is CC(=O)[C@@H]1C[C@@H](CO)C1(C)C. The average Bonchev–Trinajstić information content (AvgIpc) is 1.85. The summed E-state index contributed by atoms with van der Waals surface area (Å²) in [6.07, 6.45) is 0.874. The summed E-state index contributed by atoms with van der Waals surface area (Å²) in [4.78, 5) is 11.0. The Hall–Kier alpha value is -0.370. The average molecular weight is 156 g/mol. The van der Waals surface area contributed by atoms with Crippen LogP contribution in [0.3, 0.4) is 0 Å². The van der Waals surface area contributed by atoms with Crippen LogP contribution in [0.2, 0.25) is 0 Å². The van der Waals surface area contributed by atoms with Gasteiger partial charge in [-0.2, -0.15) is 0 Å². The van der Waals surface area contributed by atoms with Crippen molar-refractivity contribution in [2.75, 3.05) is 6.61 Å². The van der Waals surface area contributed by atoms with Gasteiger partial charge in [-0.25, -0.2) is 0 Å². The number of carbonyl (C=O) groups excluding carboxylic acids is 1. The third-order valence-corrected chi connectivity index (χ3v) is 3.18. The molecule has 0 radical (unpaired) electrons. The fraction of sp³-hybridized carbons (Fsp3) is 0.889. The number of hydrogen-bond acceptors (Lipinski definition) is 2. The molecule has 1 N–H and O–H groups in total. The van der Waals surface area contributed by atoms with E-state index in [1.165, 1.54) is 0 Å². The van der Waals surface area contributed by atoms with E-state index < -0.39 is 0 Å². The van der Waals surface area contributed by atoms with Crippen LogP contribution in [-0.2, 0) is 4.79 Å². The molecule has 1 fully saturated rings. The van der Waals surface area contributed by atoms with Crippen molar-refractivity contribution in [3.05, 3.63) is 0 Å². The van der Waals surface area contributed by atoms with Crippen molar-refractivity contribution in [3.8, 4) is 0 Å². The first-order chi connectivity index (χ1) is 5.00. The van der Waals surface area contributed by atoms with E-state index in [1.807, 2.05) is 0 Å². The van der Waals surface area contributed by atoms with Gasteiger partial charge in [0.2, 0.25) is 0 Å². The summed E-state index contributed by atoms with van der Waals surface area (Å²) in [7, 11) is 0. The molecular formula is C9H16O2. The first-order valence-electron chi connectivity index (χ1n) is 4.11. The standard InChI is InChI=1S/C9H16O2/c1-6(11)8-4-7(5-10)9(8,2)3/h7-8,10H,4-5H2,1-3H3/t7-,8-/m0/s1. The maximum atomic E-state index is 11.0. The van der Waals surface area contributed by atoms with Crippen LogP contribution in [0, 0.1) is 17.3 Å². The van der Waals surface area contributed by atoms with Gasteiger partial charge in [-0.05, 0) is 24.7 Å².